The van der Waals surface area contributed by atoms with Gasteiger partial charge in [-0.15, -0.1) is 0 Å². The number of pyridine rings is 1. The third-order valence-corrected chi connectivity index (χ3v) is 3.48. The molecular weight excluding hydrogens is 314 g/mol. The zero-order valence-electron chi connectivity index (χ0n) is 10.8. The highest BCUT2D eigenvalue weighted by atomic mass is 79.9. The summed E-state index contributed by atoms with van der Waals surface area (Å²) in [5, 5.41) is 1.14. The number of hydrogen-bond acceptors (Lipinski definition) is 3. The molecule has 0 saturated carbocycles. The number of hydrazine groups is 1. The molecule has 0 saturated heterocycles. The lowest BCUT2D eigenvalue weighted by atomic mass is 10.1. The molecule has 0 aliphatic rings. The first-order valence-electron chi connectivity index (χ1n) is 6.40. The SMILES string of the molecule is Brc1cnc2c(CNNc3ccccc3)cccc2c1. The fourth-order valence-corrected chi connectivity index (χ4v) is 2.45. The molecule has 0 amide bonds. The highest BCUT2D eigenvalue weighted by Gasteiger charge is 2.02. The van der Waals surface area contributed by atoms with Gasteiger partial charge in [-0.1, -0.05) is 36.4 Å². The van der Waals surface area contributed by atoms with Crippen LogP contribution in [-0.4, -0.2) is 4.98 Å². The molecule has 1 aromatic heterocycles. The Hall–Kier alpha value is -1.91. The summed E-state index contributed by atoms with van der Waals surface area (Å²) < 4.78 is 0.998. The van der Waals surface area contributed by atoms with Crippen molar-refractivity contribution in [3.05, 3.63) is 70.8 Å². The quantitative estimate of drug-likeness (QED) is 0.708. The van der Waals surface area contributed by atoms with Crippen molar-refractivity contribution in [2.45, 2.75) is 6.54 Å². The van der Waals surface area contributed by atoms with E-state index in [1.165, 1.54) is 5.56 Å². The van der Waals surface area contributed by atoms with E-state index in [0.717, 1.165) is 21.1 Å². The predicted molar refractivity (Wildman–Crippen MR) is 86.3 cm³/mol. The molecule has 0 aliphatic carbocycles. The van der Waals surface area contributed by atoms with Gasteiger partial charge in [0, 0.05) is 28.3 Å². The molecule has 0 bridgehead atoms. The average molecular weight is 328 g/mol. The Morgan fingerprint density at radius 1 is 1.00 bits per heavy atom. The van der Waals surface area contributed by atoms with Gasteiger partial charge in [-0.2, -0.15) is 0 Å². The number of para-hydroxylation sites is 2. The van der Waals surface area contributed by atoms with Gasteiger partial charge in [-0.25, -0.2) is 5.43 Å². The van der Waals surface area contributed by atoms with Crippen molar-refractivity contribution < 1.29 is 0 Å². The molecule has 0 aliphatic heterocycles. The van der Waals surface area contributed by atoms with E-state index in [0.29, 0.717) is 6.54 Å². The number of nitrogens with one attached hydrogen (secondary N) is 2. The minimum Gasteiger partial charge on any atom is -0.321 e. The number of nitrogens with zero attached hydrogens (tertiary/aromatic N) is 1. The zero-order valence-corrected chi connectivity index (χ0v) is 12.4. The van der Waals surface area contributed by atoms with Gasteiger partial charge in [-0.3, -0.25) is 4.98 Å². The van der Waals surface area contributed by atoms with Gasteiger partial charge < -0.3 is 5.43 Å². The van der Waals surface area contributed by atoms with Gasteiger partial charge >= 0.3 is 0 Å². The van der Waals surface area contributed by atoms with Crippen LogP contribution in [0.1, 0.15) is 5.56 Å². The molecule has 0 atom stereocenters. The normalized spacial score (nSPS) is 10.7. The predicted octanol–water partition coefficient (Wildman–Crippen LogP) is 4.11. The van der Waals surface area contributed by atoms with E-state index >= 15 is 0 Å². The average Bonchev–Trinajstić information content (AvgIpc) is 2.48. The Bertz CT molecular complexity index is 713. The van der Waals surface area contributed by atoms with Crippen LogP contribution in [0.2, 0.25) is 0 Å². The second-order valence-electron chi connectivity index (χ2n) is 4.49. The molecule has 0 spiro atoms. The van der Waals surface area contributed by atoms with E-state index < -0.39 is 0 Å². The summed E-state index contributed by atoms with van der Waals surface area (Å²) in [5.41, 5.74) is 9.64. The first-order valence-corrected chi connectivity index (χ1v) is 7.19. The van der Waals surface area contributed by atoms with Crippen molar-refractivity contribution >= 4 is 32.5 Å². The third-order valence-electron chi connectivity index (χ3n) is 3.05. The number of halogens is 1. The van der Waals surface area contributed by atoms with E-state index in [4.69, 9.17) is 0 Å². The van der Waals surface area contributed by atoms with Crippen LogP contribution in [0.25, 0.3) is 10.9 Å². The lowest BCUT2D eigenvalue weighted by Crippen LogP contribution is -2.21. The van der Waals surface area contributed by atoms with Crippen molar-refractivity contribution in [3.63, 3.8) is 0 Å². The van der Waals surface area contributed by atoms with Crippen molar-refractivity contribution in [3.8, 4) is 0 Å². The molecule has 3 nitrogen and oxygen atoms in total. The molecule has 2 N–H and O–H groups in total. The second-order valence-corrected chi connectivity index (χ2v) is 5.40. The maximum absolute atomic E-state index is 4.49. The van der Waals surface area contributed by atoms with Crippen LogP contribution >= 0.6 is 15.9 Å². The Labute approximate surface area is 126 Å². The van der Waals surface area contributed by atoms with Gasteiger partial charge in [0.15, 0.2) is 0 Å². The minimum absolute atomic E-state index is 0.709. The largest absolute Gasteiger partial charge is 0.321 e. The topological polar surface area (TPSA) is 37.0 Å². The Balaban J connectivity index is 1.74. The van der Waals surface area contributed by atoms with E-state index in [1.807, 2.05) is 36.5 Å². The van der Waals surface area contributed by atoms with Gasteiger partial charge in [-0.05, 0) is 39.7 Å². The van der Waals surface area contributed by atoms with Gasteiger partial charge in [0.2, 0.25) is 0 Å². The lowest BCUT2D eigenvalue weighted by Gasteiger charge is -2.10. The minimum atomic E-state index is 0.709. The molecular formula is C16H14BrN3. The number of hydrogen-bond donors (Lipinski definition) is 2. The van der Waals surface area contributed by atoms with Crippen molar-refractivity contribution in [2.24, 2.45) is 0 Å². The van der Waals surface area contributed by atoms with E-state index in [-0.39, 0.29) is 0 Å². The summed E-state index contributed by atoms with van der Waals surface area (Å²) in [6.45, 7) is 0.709. The maximum Gasteiger partial charge on any atom is 0.0748 e. The molecule has 0 radical (unpaired) electrons. The van der Waals surface area contributed by atoms with E-state index in [1.54, 1.807) is 0 Å². The summed E-state index contributed by atoms with van der Waals surface area (Å²) in [7, 11) is 0. The zero-order chi connectivity index (χ0) is 13.8. The number of fused-ring (bicyclic) bond motifs is 1. The Kier molecular flexibility index (Phi) is 3.95. The number of rotatable bonds is 4. The molecule has 0 unspecified atom stereocenters. The first kappa shape index (κ1) is 13.1. The number of benzene rings is 2. The first-order chi connectivity index (χ1) is 9.83. The monoisotopic (exact) mass is 327 g/mol. The number of anilines is 1. The van der Waals surface area contributed by atoms with Crippen LogP contribution in [0.4, 0.5) is 5.69 Å². The molecule has 1 heterocycles. The second kappa shape index (κ2) is 6.03. The fraction of sp³-hybridized carbons (Fsp3) is 0.0625. The lowest BCUT2D eigenvalue weighted by molar-refractivity contribution is 0.805. The number of aromatic nitrogens is 1. The van der Waals surface area contributed by atoms with Gasteiger partial charge in [0.05, 0.1) is 5.52 Å². The summed E-state index contributed by atoms with van der Waals surface area (Å²) >= 11 is 3.45. The Morgan fingerprint density at radius 3 is 2.70 bits per heavy atom. The van der Waals surface area contributed by atoms with Crippen LogP contribution in [0, 0.1) is 0 Å². The molecule has 2 aromatic carbocycles. The molecule has 4 heteroatoms. The summed E-state index contributed by atoms with van der Waals surface area (Å²) in [4.78, 5) is 4.49. The van der Waals surface area contributed by atoms with Gasteiger partial charge in [0.1, 0.15) is 0 Å². The highest BCUT2D eigenvalue weighted by molar-refractivity contribution is 9.10. The maximum atomic E-state index is 4.49. The van der Waals surface area contributed by atoms with E-state index in [9.17, 15) is 0 Å². The molecule has 3 rings (SSSR count). The fourth-order valence-electron chi connectivity index (χ4n) is 2.10. The summed E-state index contributed by atoms with van der Waals surface area (Å²) in [5.74, 6) is 0. The third kappa shape index (κ3) is 2.98. The summed E-state index contributed by atoms with van der Waals surface area (Å²) in [6.07, 6.45) is 1.83. The van der Waals surface area contributed by atoms with Crippen LogP contribution in [0.3, 0.4) is 0 Å². The van der Waals surface area contributed by atoms with Crippen LogP contribution in [0.5, 0.6) is 0 Å². The van der Waals surface area contributed by atoms with E-state index in [2.05, 4.69) is 56.0 Å². The van der Waals surface area contributed by atoms with Crippen LogP contribution in [0.15, 0.2) is 65.3 Å². The Morgan fingerprint density at radius 2 is 1.85 bits per heavy atom. The molecule has 3 aromatic rings. The van der Waals surface area contributed by atoms with Crippen LogP contribution < -0.4 is 10.9 Å². The van der Waals surface area contributed by atoms with Crippen molar-refractivity contribution in [1.82, 2.24) is 10.4 Å². The summed E-state index contributed by atoms with van der Waals surface area (Å²) in [6, 6.07) is 18.3. The van der Waals surface area contributed by atoms with Crippen molar-refractivity contribution in [1.29, 1.82) is 0 Å². The van der Waals surface area contributed by atoms with Crippen LogP contribution in [-0.2, 0) is 6.54 Å². The smallest absolute Gasteiger partial charge is 0.0748 e. The molecule has 0 fully saturated rings. The standard InChI is InChI=1S/C16H14BrN3/c17-14-9-12-5-4-6-13(16(12)18-11-14)10-19-20-15-7-2-1-3-8-15/h1-9,11,19-20H,10H2. The molecule has 100 valence electrons. The van der Waals surface area contributed by atoms with Crippen molar-refractivity contribution in [2.75, 3.05) is 5.43 Å². The molecule has 20 heavy (non-hydrogen) atoms. The van der Waals surface area contributed by atoms with Gasteiger partial charge in [0.25, 0.3) is 0 Å². The highest BCUT2D eigenvalue weighted by Crippen LogP contribution is 2.20.